The van der Waals surface area contributed by atoms with Crippen molar-refractivity contribution >= 4 is 23.2 Å². The fraction of sp³-hybridized carbons (Fsp3) is 0.462. The number of halogens is 2. The lowest BCUT2D eigenvalue weighted by atomic mass is 10.3. The molecule has 6 heteroatoms. The van der Waals surface area contributed by atoms with Crippen LogP contribution in [-0.4, -0.2) is 41.7 Å². The lowest BCUT2D eigenvalue weighted by Gasteiger charge is -2.24. The number of nitrogens with one attached hydrogen (secondary N) is 1. The summed E-state index contributed by atoms with van der Waals surface area (Å²) in [6.45, 7) is 4.46. The van der Waals surface area contributed by atoms with E-state index in [0.29, 0.717) is 12.2 Å². The fourth-order valence-electron chi connectivity index (χ4n) is 1.61. The third kappa shape index (κ3) is 5.14. The van der Waals surface area contributed by atoms with Crippen molar-refractivity contribution < 1.29 is 14.3 Å². The molecule has 1 rings (SSSR count). The molecule has 0 atom stereocenters. The molecule has 0 radical (unpaired) electrons. The molecule has 1 aromatic carbocycles. The molecule has 0 aliphatic carbocycles. The number of anilines is 1. The maximum Gasteiger partial charge on any atom is 0.238 e. The first-order valence-electron chi connectivity index (χ1n) is 6.04. The largest absolute Gasteiger partial charge is 0.395 e. The Kier molecular flexibility index (Phi) is 6.21. The minimum atomic E-state index is -0.524. The smallest absolute Gasteiger partial charge is 0.238 e. The van der Waals surface area contributed by atoms with Crippen molar-refractivity contribution in [3.05, 3.63) is 29.0 Å². The zero-order valence-electron chi connectivity index (χ0n) is 11.0. The Morgan fingerprint density at radius 2 is 2.21 bits per heavy atom. The van der Waals surface area contributed by atoms with Crippen molar-refractivity contribution in [1.82, 2.24) is 4.90 Å². The standard InChI is InChI=1S/C13H18ClFN2O2/c1-9(2)17(5-6-18)8-13(19)16-10-3-4-12(15)11(14)7-10/h3-4,7,9,18H,5-6,8H2,1-2H3,(H,16,19). The minimum absolute atomic E-state index is 0.00611. The van der Waals surface area contributed by atoms with Gasteiger partial charge >= 0.3 is 0 Å². The predicted octanol–water partition coefficient (Wildman–Crippen LogP) is 2.12. The predicted molar refractivity (Wildman–Crippen MR) is 73.8 cm³/mol. The molecule has 0 saturated heterocycles. The molecule has 1 amide bonds. The van der Waals surface area contributed by atoms with Crippen LogP contribution in [-0.2, 0) is 4.79 Å². The zero-order chi connectivity index (χ0) is 14.4. The molecule has 0 bridgehead atoms. The molecule has 1 aromatic rings. The first-order chi connectivity index (χ1) is 8.93. The Balaban J connectivity index is 2.61. The summed E-state index contributed by atoms with van der Waals surface area (Å²) in [7, 11) is 0. The van der Waals surface area contributed by atoms with Crippen molar-refractivity contribution in [1.29, 1.82) is 0 Å². The number of amides is 1. The summed E-state index contributed by atoms with van der Waals surface area (Å²) in [4.78, 5) is 13.7. The van der Waals surface area contributed by atoms with Gasteiger partial charge in [0.2, 0.25) is 5.91 Å². The Labute approximate surface area is 117 Å². The molecule has 0 spiro atoms. The summed E-state index contributed by atoms with van der Waals surface area (Å²) in [5.74, 6) is -0.756. The molecule has 0 aliphatic heterocycles. The molecule has 0 heterocycles. The minimum Gasteiger partial charge on any atom is -0.395 e. The second kappa shape index (κ2) is 7.43. The average molecular weight is 289 g/mol. The van der Waals surface area contributed by atoms with Crippen LogP contribution in [0.2, 0.25) is 5.02 Å². The van der Waals surface area contributed by atoms with E-state index in [4.69, 9.17) is 16.7 Å². The van der Waals surface area contributed by atoms with E-state index in [1.165, 1.54) is 18.2 Å². The molecule has 4 nitrogen and oxygen atoms in total. The number of aliphatic hydroxyl groups is 1. The molecule has 0 fully saturated rings. The molecule has 0 aliphatic rings. The van der Waals surface area contributed by atoms with Gasteiger partial charge in [0.25, 0.3) is 0 Å². The maximum atomic E-state index is 13.0. The quantitative estimate of drug-likeness (QED) is 0.843. The zero-order valence-corrected chi connectivity index (χ0v) is 11.7. The lowest BCUT2D eigenvalue weighted by molar-refractivity contribution is -0.117. The highest BCUT2D eigenvalue weighted by molar-refractivity contribution is 6.31. The number of benzene rings is 1. The third-order valence-electron chi connectivity index (χ3n) is 2.67. The van der Waals surface area contributed by atoms with Gasteiger partial charge in [-0.05, 0) is 32.0 Å². The molecular formula is C13H18ClFN2O2. The van der Waals surface area contributed by atoms with E-state index in [-0.39, 0.29) is 30.1 Å². The lowest BCUT2D eigenvalue weighted by Crippen LogP contribution is -2.39. The highest BCUT2D eigenvalue weighted by atomic mass is 35.5. The summed E-state index contributed by atoms with van der Waals surface area (Å²) in [6.07, 6.45) is 0. The summed E-state index contributed by atoms with van der Waals surface area (Å²) in [6, 6.07) is 4.16. The number of hydrogen-bond acceptors (Lipinski definition) is 3. The second-order valence-corrected chi connectivity index (χ2v) is 4.87. The molecule has 106 valence electrons. The number of carbonyl (C=O) groups excluding carboxylic acids is 1. The van der Waals surface area contributed by atoms with Crippen LogP contribution >= 0.6 is 11.6 Å². The molecule has 0 aromatic heterocycles. The third-order valence-corrected chi connectivity index (χ3v) is 2.96. The first-order valence-corrected chi connectivity index (χ1v) is 6.41. The van der Waals surface area contributed by atoms with Gasteiger partial charge in [0.1, 0.15) is 5.82 Å². The molecule has 0 saturated carbocycles. The molecule has 19 heavy (non-hydrogen) atoms. The number of carbonyl (C=O) groups is 1. The van der Waals surface area contributed by atoms with Crippen LogP contribution in [0.3, 0.4) is 0 Å². The van der Waals surface area contributed by atoms with Crippen molar-refractivity contribution in [2.45, 2.75) is 19.9 Å². The van der Waals surface area contributed by atoms with Crippen molar-refractivity contribution in [2.75, 3.05) is 25.0 Å². The van der Waals surface area contributed by atoms with E-state index < -0.39 is 5.82 Å². The van der Waals surface area contributed by atoms with Gasteiger partial charge in [-0.25, -0.2) is 4.39 Å². The SMILES string of the molecule is CC(C)N(CCO)CC(=O)Nc1ccc(F)c(Cl)c1. The second-order valence-electron chi connectivity index (χ2n) is 4.46. The van der Waals surface area contributed by atoms with E-state index in [1.807, 2.05) is 18.7 Å². The summed E-state index contributed by atoms with van der Waals surface area (Å²) < 4.78 is 13.0. The van der Waals surface area contributed by atoms with E-state index in [9.17, 15) is 9.18 Å². The van der Waals surface area contributed by atoms with Gasteiger partial charge in [-0.15, -0.1) is 0 Å². The van der Waals surface area contributed by atoms with Crippen molar-refractivity contribution in [3.63, 3.8) is 0 Å². The summed E-state index contributed by atoms with van der Waals surface area (Å²) in [5, 5.41) is 11.5. The molecule has 0 unspecified atom stereocenters. The average Bonchev–Trinajstić information content (AvgIpc) is 2.33. The van der Waals surface area contributed by atoms with Crippen LogP contribution in [0.4, 0.5) is 10.1 Å². The Morgan fingerprint density at radius 1 is 1.53 bits per heavy atom. The Bertz CT molecular complexity index is 441. The number of aliphatic hydroxyl groups excluding tert-OH is 1. The normalized spacial score (nSPS) is 11.1. The van der Waals surface area contributed by atoms with E-state index >= 15 is 0 Å². The van der Waals surface area contributed by atoms with Gasteiger partial charge in [-0.1, -0.05) is 11.6 Å². The fourth-order valence-corrected chi connectivity index (χ4v) is 1.79. The summed E-state index contributed by atoms with van der Waals surface area (Å²) >= 11 is 5.63. The maximum absolute atomic E-state index is 13.0. The van der Waals surface area contributed by atoms with E-state index in [1.54, 1.807) is 0 Å². The Hall–Kier alpha value is -1.17. The van der Waals surface area contributed by atoms with E-state index in [0.717, 1.165) is 0 Å². The highest BCUT2D eigenvalue weighted by Gasteiger charge is 2.13. The van der Waals surface area contributed by atoms with Crippen LogP contribution in [0.1, 0.15) is 13.8 Å². The Morgan fingerprint density at radius 3 is 2.74 bits per heavy atom. The monoisotopic (exact) mass is 288 g/mol. The van der Waals surface area contributed by atoms with Gasteiger partial charge in [-0.3, -0.25) is 9.69 Å². The van der Waals surface area contributed by atoms with E-state index in [2.05, 4.69) is 5.32 Å². The van der Waals surface area contributed by atoms with Crippen LogP contribution in [0.15, 0.2) is 18.2 Å². The van der Waals surface area contributed by atoms with Crippen molar-refractivity contribution in [2.24, 2.45) is 0 Å². The topological polar surface area (TPSA) is 52.6 Å². The van der Waals surface area contributed by atoms with Gasteiger partial charge < -0.3 is 10.4 Å². The number of nitrogens with zero attached hydrogens (tertiary/aromatic N) is 1. The number of rotatable bonds is 6. The van der Waals surface area contributed by atoms with Crippen LogP contribution in [0.5, 0.6) is 0 Å². The van der Waals surface area contributed by atoms with Gasteiger partial charge in [0.05, 0.1) is 18.2 Å². The number of hydrogen-bond donors (Lipinski definition) is 2. The first kappa shape index (κ1) is 15.9. The molecular weight excluding hydrogens is 271 g/mol. The van der Waals surface area contributed by atoms with Crippen LogP contribution < -0.4 is 5.32 Å². The molecule has 2 N–H and O–H groups in total. The van der Waals surface area contributed by atoms with Gasteiger partial charge in [0, 0.05) is 18.3 Å². The van der Waals surface area contributed by atoms with Crippen molar-refractivity contribution in [3.8, 4) is 0 Å². The van der Waals surface area contributed by atoms with Crippen LogP contribution in [0.25, 0.3) is 0 Å². The van der Waals surface area contributed by atoms with Gasteiger partial charge in [-0.2, -0.15) is 0 Å². The van der Waals surface area contributed by atoms with Crippen LogP contribution in [0, 0.1) is 5.82 Å². The highest BCUT2D eigenvalue weighted by Crippen LogP contribution is 2.19. The van der Waals surface area contributed by atoms with Gasteiger partial charge in [0.15, 0.2) is 0 Å². The summed E-state index contributed by atoms with van der Waals surface area (Å²) in [5.41, 5.74) is 0.448.